The van der Waals surface area contributed by atoms with E-state index in [1.165, 1.54) is 11.1 Å². The van der Waals surface area contributed by atoms with Crippen molar-refractivity contribution in [3.63, 3.8) is 0 Å². The van der Waals surface area contributed by atoms with Gasteiger partial charge in [0.25, 0.3) is 0 Å². The molecule has 0 spiro atoms. The molecule has 0 aliphatic carbocycles. The first kappa shape index (κ1) is 14.3. The number of hydrogen-bond donors (Lipinski definition) is 1. The third-order valence-corrected chi connectivity index (χ3v) is 3.02. The number of hydrogen-bond acceptors (Lipinski definition) is 3. The largest absolute Gasteiger partial charge is 0.380 e. The lowest BCUT2D eigenvalue weighted by atomic mass is 10.1. The van der Waals surface area contributed by atoms with Crippen molar-refractivity contribution in [1.29, 1.82) is 5.26 Å². The summed E-state index contributed by atoms with van der Waals surface area (Å²) in [5.74, 6) is 0. The Hall–Kier alpha value is -2.15. The summed E-state index contributed by atoms with van der Waals surface area (Å²) in [6, 6.07) is 18.2. The van der Waals surface area contributed by atoms with Crippen molar-refractivity contribution in [3.8, 4) is 6.07 Å². The molecule has 0 amide bonds. The SMILES string of the molecule is COCc1cccc(CNCc2cccc(C#N)c2)c1. The van der Waals surface area contributed by atoms with Crippen LogP contribution in [0, 0.1) is 11.3 Å². The Morgan fingerprint density at radius 3 is 2.35 bits per heavy atom. The van der Waals surface area contributed by atoms with Crippen LogP contribution in [0.4, 0.5) is 0 Å². The lowest BCUT2D eigenvalue weighted by molar-refractivity contribution is 0.185. The number of nitriles is 1. The quantitative estimate of drug-likeness (QED) is 0.874. The number of methoxy groups -OCH3 is 1. The summed E-state index contributed by atoms with van der Waals surface area (Å²) >= 11 is 0. The fraction of sp³-hybridized carbons (Fsp3) is 0.235. The van der Waals surface area contributed by atoms with Crippen molar-refractivity contribution in [3.05, 3.63) is 70.8 Å². The van der Waals surface area contributed by atoms with Crippen LogP contribution >= 0.6 is 0 Å². The van der Waals surface area contributed by atoms with Gasteiger partial charge in [0.15, 0.2) is 0 Å². The van der Waals surface area contributed by atoms with Crippen LogP contribution in [0.15, 0.2) is 48.5 Å². The molecule has 0 atom stereocenters. The van der Waals surface area contributed by atoms with E-state index in [1.54, 1.807) is 7.11 Å². The Morgan fingerprint density at radius 2 is 1.65 bits per heavy atom. The van der Waals surface area contributed by atoms with Gasteiger partial charge in [-0.25, -0.2) is 0 Å². The zero-order valence-electron chi connectivity index (χ0n) is 11.6. The maximum atomic E-state index is 8.86. The molecule has 0 heterocycles. The molecule has 2 aromatic rings. The highest BCUT2D eigenvalue weighted by atomic mass is 16.5. The second-order valence-electron chi connectivity index (χ2n) is 4.67. The van der Waals surface area contributed by atoms with E-state index >= 15 is 0 Å². The molecule has 0 aliphatic heterocycles. The molecule has 1 N–H and O–H groups in total. The molecular weight excluding hydrogens is 248 g/mol. The highest BCUT2D eigenvalue weighted by Gasteiger charge is 1.98. The van der Waals surface area contributed by atoms with E-state index in [9.17, 15) is 0 Å². The van der Waals surface area contributed by atoms with Gasteiger partial charge in [-0.15, -0.1) is 0 Å². The minimum Gasteiger partial charge on any atom is -0.380 e. The first-order valence-corrected chi connectivity index (χ1v) is 6.58. The topological polar surface area (TPSA) is 45.0 Å². The summed E-state index contributed by atoms with van der Waals surface area (Å²) in [7, 11) is 1.70. The highest BCUT2D eigenvalue weighted by molar-refractivity contribution is 5.32. The lowest BCUT2D eigenvalue weighted by Gasteiger charge is -2.07. The fourth-order valence-electron chi connectivity index (χ4n) is 2.10. The third-order valence-electron chi connectivity index (χ3n) is 3.02. The molecule has 0 unspecified atom stereocenters. The van der Waals surface area contributed by atoms with E-state index in [0.717, 1.165) is 18.7 Å². The van der Waals surface area contributed by atoms with Gasteiger partial charge in [0.05, 0.1) is 18.2 Å². The molecule has 2 aromatic carbocycles. The highest BCUT2D eigenvalue weighted by Crippen LogP contribution is 2.07. The molecule has 20 heavy (non-hydrogen) atoms. The molecule has 0 fully saturated rings. The van der Waals surface area contributed by atoms with Crippen LogP contribution in [-0.2, 0) is 24.4 Å². The van der Waals surface area contributed by atoms with Gasteiger partial charge in [-0.05, 0) is 28.8 Å². The van der Waals surface area contributed by atoms with Gasteiger partial charge >= 0.3 is 0 Å². The minimum atomic E-state index is 0.637. The second-order valence-corrected chi connectivity index (χ2v) is 4.67. The lowest BCUT2D eigenvalue weighted by Crippen LogP contribution is -2.12. The van der Waals surface area contributed by atoms with E-state index in [4.69, 9.17) is 10.00 Å². The first-order chi connectivity index (χ1) is 9.81. The van der Waals surface area contributed by atoms with Crippen molar-refractivity contribution >= 4 is 0 Å². The number of nitrogens with zero attached hydrogens (tertiary/aromatic N) is 1. The van der Waals surface area contributed by atoms with E-state index in [0.29, 0.717) is 12.2 Å². The van der Waals surface area contributed by atoms with Gasteiger partial charge in [-0.2, -0.15) is 5.26 Å². The van der Waals surface area contributed by atoms with Gasteiger partial charge < -0.3 is 10.1 Å². The van der Waals surface area contributed by atoms with Crippen molar-refractivity contribution in [2.24, 2.45) is 0 Å². The predicted octanol–water partition coefficient (Wildman–Crippen LogP) is 2.99. The summed E-state index contributed by atoms with van der Waals surface area (Å²) in [6.07, 6.45) is 0. The summed E-state index contributed by atoms with van der Waals surface area (Å²) in [5.41, 5.74) is 4.23. The van der Waals surface area contributed by atoms with Crippen LogP contribution in [0.3, 0.4) is 0 Å². The normalized spacial score (nSPS) is 10.2. The zero-order chi connectivity index (χ0) is 14.2. The molecule has 2 rings (SSSR count). The van der Waals surface area contributed by atoms with Crippen LogP contribution in [0.5, 0.6) is 0 Å². The van der Waals surface area contributed by atoms with Crippen molar-refractivity contribution in [2.45, 2.75) is 19.7 Å². The monoisotopic (exact) mass is 266 g/mol. The van der Waals surface area contributed by atoms with Gasteiger partial charge in [0.1, 0.15) is 0 Å². The van der Waals surface area contributed by atoms with Gasteiger partial charge in [0, 0.05) is 20.2 Å². The molecule has 0 bridgehead atoms. The maximum absolute atomic E-state index is 8.86. The van der Waals surface area contributed by atoms with Gasteiger partial charge in [0.2, 0.25) is 0 Å². The van der Waals surface area contributed by atoms with Gasteiger partial charge in [-0.1, -0.05) is 36.4 Å². The number of nitrogens with one attached hydrogen (secondary N) is 1. The van der Waals surface area contributed by atoms with Crippen molar-refractivity contribution in [1.82, 2.24) is 5.32 Å². The van der Waals surface area contributed by atoms with Crippen molar-refractivity contribution < 1.29 is 4.74 Å². The first-order valence-electron chi connectivity index (χ1n) is 6.58. The Labute approximate surface area is 119 Å². The maximum Gasteiger partial charge on any atom is 0.0991 e. The zero-order valence-corrected chi connectivity index (χ0v) is 11.6. The van der Waals surface area contributed by atoms with Crippen LogP contribution in [0.25, 0.3) is 0 Å². The van der Waals surface area contributed by atoms with Crippen LogP contribution in [0.1, 0.15) is 22.3 Å². The minimum absolute atomic E-state index is 0.637. The van der Waals surface area contributed by atoms with Gasteiger partial charge in [-0.3, -0.25) is 0 Å². The summed E-state index contributed by atoms with van der Waals surface area (Å²) in [4.78, 5) is 0. The molecule has 0 saturated heterocycles. The van der Waals surface area contributed by atoms with Crippen molar-refractivity contribution in [2.75, 3.05) is 7.11 Å². The summed E-state index contributed by atoms with van der Waals surface area (Å²) in [5, 5.41) is 12.3. The smallest absolute Gasteiger partial charge is 0.0991 e. The van der Waals surface area contributed by atoms with E-state index in [-0.39, 0.29) is 0 Å². The van der Waals surface area contributed by atoms with E-state index < -0.39 is 0 Å². The second kappa shape index (κ2) is 7.44. The molecule has 0 aromatic heterocycles. The third kappa shape index (κ3) is 4.20. The fourth-order valence-corrected chi connectivity index (χ4v) is 2.10. The average Bonchev–Trinajstić information content (AvgIpc) is 2.48. The van der Waals surface area contributed by atoms with Crippen LogP contribution < -0.4 is 5.32 Å². The Kier molecular flexibility index (Phi) is 5.31. The number of benzene rings is 2. The standard InChI is InChI=1S/C17H18N2O/c1-20-13-17-7-3-6-16(9-17)12-19-11-15-5-2-4-14(8-15)10-18/h2-9,19H,11-13H2,1H3. The van der Waals surface area contributed by atoms with Crippen LogP contribution in [-0.4, -0.2) is 7.11 Å². The molecule has 0 aliphatic rings. The van der Waals surface area contributed by atoms with Crippen LogP contribution in [0.2, 0.25) is 0 Å². The number of ether oxygens (including phenoxy) is 1. The predicted molar refractivity (Wildman–Crippen MR) is 78.9 cm³/mol. The Balaban J connectivity index is 1.89. The van der Waals surface area contributed by atoms with E-state index in [2.05, 4.69) is 29.6 Å². The number of rotatable bonds is 6. The van der Waals surface area contributed by atoms with E-state index in [1.807, 2.05) is 30.3 Å². The molecule has 3 heteroatoms. The summed E-state index contributed by atoms with van der Waals surface area (Å²) in [6.45, 7) is 2.19. The molecule has 3 nitrogen and oxygen atoms in total. The molecule has 0 radical (unpaired) electrons. The summed E-state index contributed by atoms with van der Waals surface area (Å²) < 4.78 is 5.13. The Bertz CT molecular complexity index is 602. The average molecular weight is 266 g/mol. The molecule has 102 valence electrons. The Morgan fingerprint density at radius 1 is 1.00 bits per heavy atom. The molecule has 0 saturated carbocycles. The molecular formula is C17H18N2O.